The van der Waals surface area contributed by atoms with Crippen LogP contribution in [0, 0.1) is 10.4 Å². The van der Waals surface area contributed by atoms with E-state index in [1.54, 1.807) is 48.5 Å². The molecule has 0 aliphatic heterocycles. The molecule has 0 unspecified atom stereocenters. The van der Waals surface area contributed by atoms with Crippen LogP contribution in [0.15, 0.2) is 152 Å². The summed E-state index contributed by atoms with van der Waals surface area (Å²) in [5, 5.41) is 40.5. The fraction of sp³-hybridized carbons (Fsp3) is 0.0444. The molecule has 21 nitrogen and oxygen atoms in total. The number of carbonyl (C=O) groups is 6. The number of hydrogen-bond donors (Lipinski definition) is 6. The van der Waals surface area contributed by atoms with Gasteiger partial charge in [-0.2, -0.15) is 0 Å². The number of benzene rings is 2. The minimum Gasteiger partial charge on any atom is -0.740 e. The maximum atomic E-state index is 13.2. The van der Waals surface area contributed by atoms with Crippen LogP contribution in [0.25, 0.3) is 0 Å². The van der Waals surface area contributed by atoms with Gasteiger partial charge in [0.05, 0.1) is 0 Å². The summed E-state index contributed by atoms with van der Waals surface area (Å²) < 4.78 is 10.9. The van der Waals surface area contributed by atoms with E-state index in [4.69, 9.17) is 9.47 Å². The third kappa shape index (κ3) is 11.8. The van der Waals surface area contributed by atoms with Crippen molar-refractivity contribution >= 4 is 70.7 Å². The van der Waals surface area contributed by atoms with Gasteiger partial charge in [0.25, 0.3) is 11.8 Å². The number of anilines is 6. The Labute approximate surface area is 373 Å². The van der Waals surface area contributed by atoms with Gasteiger partial charge >= 0.3 is 24.0 Å². The minimum absolute atomic E-state index is 0.0124. The lowest BCUT2D eigenvalue weighted by molar-refractivity contribution is -0.574. The zero-order valence-corrected chi connectivity index (χ0v) is 34.2. The topological polar surface area (TPSA) is 286 Å². The average Bonchev–Trinajstić information content (AvgIpc) is 3.33. The van der Waals surface area contributed by atoms with E-state index in [1.165, 1.54) is 91.0 Å². The highest BCUT2D eigenvalue weighted by Gasteiger charge is 2.21. The molecule has 0 atom stereocenters. The Hall–Kier alpha value is -9.79. The molecule has 2 aromatic carbocycles. The van der Waals surface area contributed by atoms with Crippen LogP contribution in [-0.2, 0) is 22.7 Å². The monoisotopic (exact) mass is 889 g/mol. The number of rotatable bonds is 14. The van der Waals surface area contributed by atoms with E-state index >= 15 is 0 Å². The van der Waals surface area contributed by atoms with Gasteiger partial charge in [-0.15, -0.1) is 0 Å². The highest BCUT2D eigenvalue weighted by molar-refractivity contribution is 6.07. The summed E-state index contributed by atoms with van der Waals surface area (Å²) in [6, 6.07) is 38.3. The van der Waals surface area contributed by atoms with Crippen molar-refractivity contribution in [2.75, 3.05) is 31.9 Å². The molecule has 0 saturated carbocycles. The van der Waals surface area contributed by atoms with E-state index in [-0.39, 0.29) is 80.4 Å². The zero-order chi connectivity index (χ0) is 46.4. The molecule has 0 aliphatic rings. The SMILES string of the molecule is O=C(Nc1cccc(NC(=O)c2cccc(C(=O)Nc3cccc(NC(=O)c4cccc(C(=O)Nc5cccc(NC(=O)OCc6ccccc6)[n+]5[O-])n4)n3)n2)[n+]1[O-])OCc1ccccc1. The first kappa shape index (κ1) is 44.3. The maximum Gasteiger partial charge on any atom is 0.474 e. The van der Waals surface area contributed by atoms with E-state index in [0.717, 1.165) is 11.1 Å². The third-order valence-corrected chi connectivity index (χ3v) is 8.92. The molecule has 6 N–H and O–H groups in total. The zero-order valence-electron chi connectivity index (χ0n) is 34.2. The average molecular weight is 890 g/mol. The number of ether oxygens (including phenoxy) is 2. The van der Waals surface area contributed by atoms with Crippen LogP contribution in [0.1, 0.15) is 53.1 Å². The highest BCUT2D eigenvalue weighted by atomic mass is 16.6. The van der Waals surface area contributed by atoms with Crippen molar-refractivity contribution in [2.45, 2.75) is 13.2 Å². The van der Waals surface area contributed by atoms with Crippen molar-refractivity contribution in [3.8, 4) is 0 Å². The van der Waals surface area contributed by atoms with Gasteiger partial charge in [-0.25, -0.2) is 64.9 Å². The molecule has 6 amide bonds. The van der Waals surface area contributed by atoms with Crippen molar-refractivity contribution in [2.24, 2.45) is 0 Å². The summed E-state index contributed by atoms with van der Waals surface area (Å²) in [4.78, 5) is 89.8. The van der Waals surface area contributed by atoms with Crippen LogP contribution in [0.5, 0.6) is 0 Å². The van der Waals surface area contributed by atoms with Crippen LogP contribution in [0.3, 0.4) is 0 Å². The molecule has 0 saturated heterocycles. The Morgan fingerprint density at radius 2 is 0.697 bits per heavy atom. The molecule has 330 valence electrons. The maximum absolute atomic E-state index is 13.2. The molecule has 0 aliphatic carbocycles. The second kappa shape index (κ2) is 20.9. The number of pyridine rings is 5. The number of hydrogen-bond acceptors (Lipinski definition) is 13. The molecular weight excluding hydrogens is 855 g/mol. The number of amides is 6. The first-order valence-corrected chi connectivity index (χ1v) is 19.6. The Balaban J connectivity index is 0.924. The molecular formula is C45H35N11O10. The summed E-state index contributed by atoms with van der Waals surface area (Å²) in [7, 11) is 0. The van der Waals surface area contributed by atoms with Crippen molar-refractivity contribution < 1.29 is 47.7 Å². The van der Waals surface area contributed by atoms with Crippen LogP contribution in [0.2, 0.25) is 0 Å². The molecule has 66 heavy (non-hydrogen) atoms. The lowest BCUT2D eigenvalue weighted by atomic mass is 10.2. The van der Waals surface area contributed by atoms with Gasteiger partial charge in [-0.1, -0.05) is 78.9 Å². The fourth-order valence-electron chi connectivity index (χ4n) is 5.76. The van der Waals surface area contributed by atoms with Crippen LogP contribution < -0.4 is 41.4 Å². The van der Waals surface area contributed by atoms with E-state index in [2.05, 4.69) is 46.9 Å². The molecule has 0 fully saturated rings. The summed E-state index contributed by atoms with van der Waals surface area (Å²) >= 11 is 0. The van der Waals surface area contributed by atoms with E-state index in [9.17, 15) is 39.2 Å². The lowest BCUT2D eigenvalue weighted by Gasteiger charge is -2.15. The molecule has 5 aromatic heterocycles. The number of nitrogens with zero attached hydrogens (tertiary/aromatic N) is 5. The Morgan fingerprint density at radius 3 is 1.08 bits per heavy atom. The molecule has 7 rings (SSSR count). The summed E-state index contributed by atoms with van der Waals surface area (Å²) in [5.74, 6) is -4.21. The normalized spacial score (nSPS) is 10.4. The van der Waals surface area contributed by atoms with Gasteiger partial charge in [-0.05, 0) is 59.7 Å². The van der Waals surface area contributed by atoms with E-state index in [1.807, 2.05) is 12.1 Å². The van der Waals surface area contributed by atoms with Gasteiger partial charge in [0.2, 0.25) is 23.3 Å². The second-order valence-corrected chi connectivity index (χ2v) is 13.6. The van der Waals surface area contributed by atoms with Gasteiger partial charge < -0.3 is 30.5 Å². The van der Waals surface area contributed by atoms with Crippen LogP contribution >= 0.6 is 0 Å². The van der Waals surface area contributed by atoms with E-state index in [0.29, 0.717) is 0 Å². The largest absolute Gasteiger partial charge is 0.740 e. The molecule has 0 radical (unpaired) electrons. The van der Waals surface area contributed by atoms with E-state index < -0.39 is 35.8 Å². The van der Waals surface area contributed by atoms with Gasteiger partial charge in [-0.3, -0.25) is 9.59 Å². The number of carbonyl (C=O) groups excluding carboxylic acids is 6. The first-order chi connectivity index (χ1) is 32.0. The summed E-state index contributed by atoms with van der Waals surface area (Å²) in [6.07, 6.45) is -1.79. The summed E-state index contributed by atoms with van der Waals surface area (Å²) in [6.45, 7) is -0.0647. The predicted molar refractivity (Wildman–Crippen MR) is 236 cm³/mol. The third-order valence-electron chi connectivity index (χ3n) is 8.92. The fourth-order valence-corrected chi connectivity index (χ4v) is 5.76. The molecule has 0 bridgehead atoms. The van der Waals surface area contributed by atoms with Crippen LogP contribution in [0.4, 0.5) is 44.5 Å². The Bertz CT molecular complexity index is 2750. The molecule has 0 spiro atoms. The molecule has 5 heterocycles. The number of aromatic nitrogens is 5. The van der Waals surface area contributed by atoms with Crippen LogP contribution in [-0.4, -0.2) is 50.8 Å². The predicted octanol–water partition coefficient (Wildman–Crippen LogP) is 5.65. The van der Waals surface area contributed by atoms with Crippen molar-refractivity contribution in [1.29, 1.82) is 0 Å². The lowest BCUT2D eigenvalue weighted by Crippen LogP contribution is -2.37. The van der Waals surface area contributed by atoms with Crippen molar-refractivity contribution in [3.05, 3.63) is 196 Å². The minimum atomic E-state index is -0.893. The number of nitrogens with one attached hydrogen (secondary N) is 6. The molecule has 7 aromatic rings. The Kier molecular flexibility index (Phi) is 14.0. The van der Waals surface area contributed by atoms with Gasteiger partial charge in [0, 0.05) is 24.3 Å². The smallest absolute Gasteiger partial charge is 0.474 e. The second-order valence-electron chi connectivity index (χ2n) is 13.6. The first-order valence-electron chi connectivity index (χ1n) is 19.6. The van der Waals surface area contributed by atoms with Gasteiger partial charge in [0.1, 0.15) is 47.6 Å². The standard InChI is InChI=1S/C45H35N11O10/c57-40(30-16-7-18-32(46-30)42(59)51-36-22-10-24-38(55(36)63)53-44(61)65-26-28-12-3-1-4-13-28)49-34-20-9-21-35(48-34)50-41(58)31-17-8-19-33(47-31)43(60)52-37-23-11-25-39(56(37)64)54-45(62)66-27-29-14-5-2-6-15-29/h1-25H,26-27H2,(H,51,59)(H,52,60)(H,53,61)(H,54,62)(H2,48,49,50,57,58). The van der Waals surface area contributed by atoms with Gasteiger partial charge in [0.15, 0.2) is 0 Å². The van der Waals surface area contributed by atoms with Crippen molar-refractivity contribution in [3.63, 3.8) is 0 Å². The highest BCUT2D eigenvalue weighted by Crippen LogP contribution is 2.15. The summed E-state index contributed by atoms with van der Waals surface area (Å²) in [5.41, 5.74) is 0.628. The molecule has 21 heteroatoms. The quantitative estimate of drug-likeness (QED) is 0.0570. The Morgan fingerprint density at radius 1 is 0.379 bits per heavy atom. The van der Waals surface area contributed by atoms with Crippen molar-refractivity contribution in [1.82, 2.24) is 15.0 Å².